The van der Waals surface area contributed by atoms with Crippen molar-refractivity contribution in [3.63, 3.8) is 0 Å². The van der Waals surface area contributed by atoms with Gasteiger partial charge in [0.2, 0.25) is 0 Å². The molecule has 5 nitrogen and oxygen atoms in total. The molecule has 0 aliphatic heterocycles. The van der Waals surface area contributed by atoms with Gasteiger partial charge in [0, 0.05) is 32.5 Å². The predicted octanol–water partition coefficient (Wildman–Crippen LogP) is 2.19. The van der Waals surface area contributed by atoms with Gasteiger partial charge in [0.1, 0.15) is 5.75 Å². The molecule has 19 heavy (non-hydrogen) atoms. The van der Waals surface area contributed by atoms with Crippen LogP contribution >= 0.6 is 0 Å². The summed E-state index contributed by atoms with van der Waals surface area (Å²) >= 11 is 0. The first-order chi connectivity index (χ1) is 9.22. The highest BCUT2D eigenvalue weighted by atomic mass is 16.5. The third-order valence-corrected chi connectivity index (χ3v) is 2.85. The molecular weight excluding hydrogens is 242 g/mol. The Kier molecular flexibility index (Phi) is 4.41. The average molecular weight is 261 g/mol. The van der Waals surface area contributed by atoms with E-state index in [1.54, 1.807) is 25.1 Å². The van der Waals surface area contributed by atoms with Crippen LogP contribution in [0.2, 0.25) is 0 Å². The number of hydrogen-bond acceptors (Lipinski definition) is 4. The van der Waals surface area contributed by atoms with Gasteiger partial charge in [-0.05, 0) is 17.7 Å². The molecule has 0 saturated heterocycles. The molecule has 2 rings (SSSR count). The van der Waals surface area contributed by atoms with Gasteiger partial charge >= 0.3 is 0 Å². The number of anilines is 1. The monoisotopic (exact) mass is 261 g/mol. The number of nitrogens with zero attached hydrogens (tertiary/aromatic N) is 2. The van der Waals surface area contributed by atoms with E-state index >= 15 is 0 Å². The van der Waals surface area contributed by atoms with Crippen molar-refractivity contribution in [2.45, 2.75) is 13.2 Å². The summed E-state index contributed by atoms with van der Waals surface area (Å²) in [6, 6.07) is 6.10. The molecule has 0 bridgehead atoms. The Morgan fingerprint density at radius 3 is 2.79 bits per heavy atom. The number of benzene rings is 1. The number of hydrogen-bond donors (Lipinski definition) is 1. The van der Waals surface area contributed by atoms with E-state index in [4.69, 9.17) is 9.47 Å². The Morgan fingerprint density at radius 1 is 1.32 bits per heavy atom. The second kappa shape index (κ2) is 6.24. The van der Waals surface area contributed by atoms with Crippen LogP contribution in [0.4, 0.5) is 5.69 Å². The number of methoxy groups -OCH3 is 2. The number of ether oxygens (including phenoxy) is 2. The number of aromatic nitrogens is 2. The van der Waals surface area contributed by atoms with Crippen molar-refractivity contribution in [3.8, 4) is 5.75 Å². The Balaban J connectivity index is 2.05. The first kappa shape index (κ1) is 13.4. The lowest BCUT2D eigenvalue weighted by Gasteiger charge is -2.10. The van der Waals surface area contributed by atoms with Crippen LogP contribution in [0.5, 0.6) is 5.75 Å². The molecule has 102 valence electrons. The van der Waals surface area contributed by atoms with Crippen LogP contribution in [0.3, 0.4) is 0 Å². The Bertz CT molecular complexity index is 537. The number of rotatable bonds is 6. The summed E-state index contributed by atoms with van der Waals surface area (Å²) < 4.78 is 12.3. The van der Waals surface area contributed by atoms with E-state index in [0.29, 0.717) is 6.61 Å². The molecule has 0 saturated carbocycles. The average Bonchev–Trinajstić information content (AvgIpc) is 2.83. The van der Waals surface area contributed by atoms with E-state index in [2.05, 4.69) is 16.5 Å². The fourth-order valence-corrected chi connectivity index (χ4v) is 1.93. The van der Waals surface area contributed by atoms with Crippen molar-refractivity contribution in [1.29, 1.82) is 0 Å². The molecule has 0 unspecified atom stereocenters. The lowest BCUT2D eigenvalue weighted by atomic mass is 10.1. The zero-order valence-electron chi connectivity index (χ0n) is 11.5. The second-order valence-corrected chi connectivity index (χ2v) is 4.34. The third-order valence-electron chi connectivity index (χ3n) is 2.85. The fourth-order valence-electron chi connectivity index (χ4n) is 1.93. The van der Waals surface area contributed by atoms with Crippen LogP contribution in [0, 0.1) is 0 Å². The molecule has 1 aromatic heterocycles. The van der Waals surface area contributed by atoms with E-state index in [9.17, 15) is 0 Å². The Morgan fingerprint density at radius 2 is 2.16 bits per heavy atom. The zero-order chi connectivity index (χ0) is 13.7. The van der Waals surface area contributed by atoms with Crippen molar-refractivity contribution in [3.05, 3.63) is 41.7 Å². The molecule has 1 N–H and O–H groups in total. The molecule has 5 heteroatoms. The summed E-state index contributed by atoms with van der Waals surface area (Å²) in [5.74, 6) is 0.854. The molecule has 1 aromatic carbocycles. The Labute approximate surface area is 113 Å². The highest BCUT2D eigenvalue weighted by Gasteiger charge is 2.04. The van der Waals surface area contributed by atoms with Gasteiger partial charge < -0.3 is 14.8 Å². The molecule has 2 aromatic rings. The molecule has 0 atom stereocenters. The minimum atomic E-state index is 0.546. The van der Waals surface area contributed by atoms with E-state index < -0.39 is 0 Å². The normalized spacial score (nSPS) is 10.5. The SMILES string of the molecule is COCc1cc(CNc2cnn(C)c2)ccc1OC. The molecule has 0 aliphatic rings. The second-order valence-electron chi connectivity index (χ2n) is 4.34. The predicted molar refractivity (Wildman–Crippen MR) is 74.2 cm³/mol. The summed E-state index contributed by atoms with van der Waals surface area (Å²) in [4.78, 5) is 0. The van der Waals surface area contributed by atoms with E-state index in [1.165, 1.54) is 5.56 Å². The zero-order valence-corrected chi connectivity index (χ0v) is 11.5. The molecular formula is C14H19N3O2. The van der Waals surface area contributed by atoms with Crippen molar-refractivity contribution in [2.24, 2.45) is 7.05 Å². The van der Waals surface area contributed by atoms with Crippen LogP contribution in [0.15, 0.2) is 30.6 Å². The van der Waals surface area contributed by atoms with Crippen LogP contribution < -0.4 is 10.1 Å². The van der Waals surface area contributed by atoms with Gasteiger partial charge in [-0.1, -0.05) is 6.07 Å². The minimum absolute atomic E-state index is 0.546. The van der Waals surface area contributed by atoms with Gasteiger partial charge in [-0.3, -0.25) is 4.68 Å². The van der Waals surface area contributed by atoms with Gasteiger partial charge in [0.25, 0.3) is 0 Å². The molecule has 0 amide bonds. The summed E-state index contributed by atoms with van der Waals surface area (Å²) in [6.07, 6.45) is 3.75. The van der Waals surface area contributed by atoms with Crippen LogP contribution in [0.1, 0.15) is 11.1 Å². The highest BCUT2D eigenvalue weighted by molar-refractivity contribution is 5.41. The quantitative estimate of drug-likeness (QED) is 0.866. The summed E-state index contributed by atoms with van der Waals surface area (Å²) in [5, 5.41) is 7.44. The van der Waals surface area contributed by atoms with E-state index in [-0.39, 0.29) is 0 Å². The summed E-state index contributed by atoms with van der Waals surface area (Å²) in [7, 11) is 5.25. The van der Waals surface area contributed by atoms with Crippen molar-refractivity contribution in [2.75, 3.05) is 19.5 Å². The van der Waals surface area contributed by atoms with Gasteiger partial charge in [0.15, 0.2) is 0 Å². The number of aryl methyl sites for hydroxylation is 1. The van der Waals surface area contributed by atoms with Crippen LogP contribution in [0.25, 0.3) is 0 Å². The maximum atomic E-state index is 5.31. The van der Waals surface area contributed by atoms with Crippen molar-refractivity contribution in [1.82, 2.24) is 9.78 Å². The van der Waals surface area contributed by atoms with Crippen molar-refractivity contribution >= 4 is 5.69 Å². The first-order valence-electron chi connectivity index (χ1n) is 6.10. The summed E-state index contributed by atoms with van der Waals surface area (Å²) in [6.45, 7) is 1.29. The van der Waals surface area contributed by atoms with Crippen molar-refractivity contribution < 1.29 is 9.47 Å². The van der Waals surface area contributed by atoms with Gasteiger partial charge in [-0.25, -0.2) is 0 Å². The minimum Gasteiger partial charge on any atom is -0.496 e. The van der Waals surface area contributed by atoms with Gasteiger partial charge in [0.05, 0.1) is 25.6 Å². The molecule has 0 aliphatic carbocycles. The number of nitrogens with one attached hydrogen (secondary N) is 1. The smallest absolute Gasteiger partial charge is 0.124 e. The van der Waals surface area contributed by atoms with E-state index in [0.717, 1.165) is 23.5 Å². The van der Waals surface area contributed by atoms with Gasteiger partial charge in [-0.15, -0.1) is 0 Å². The lowest BCUT2D eigenvalue weighted by Crippen LogP contribution is -2.01. The van der Waals surface area contributed by atoms with Gasteiger partial charge in [-0.2, -0.15) is 5.10 Å². The maximum absolute atomic E-state index is 5.31. The van der Waals surface area contributed by atoms with Crippen LogP contribution in [-0.4, -0.2) is 24.0 Å². The molecule has 0 radical (unpaired) electrons. The lowest BCUT2D eigenvalue weighted by molar-refractivity contribution is 0.181. The molecule has 0 fully saturated rings. The standard InChI is InChI=1S/C14H19N3O2/c1-17-9-13(8-16-17)15-7-11-4-5-14(19-3)12(6-11)10-18-2/h4-6,8-9,15H,7,10H2,1-3H3. The van der Waals surface area contributed by atoms with E-state index in [1.807, 2.05) is 25.4 Å². The summed E-state index contributed by atoms with van der Waals surface area (Å²) in [5.41, 5.74) is 3.23. The van der Waals surface area contributed by atoms with Crippen LogP contribution in [-0.2, 0) is 24.9 Å². The largest absolute Gasteiger partial charge is 0.496 e. The molecule has 1 heterocycles. The third kappa shape index (κ3) is 3.48. The molecule has 0 spiro atoms. The fraction of sp³-hybridized carbons (Fsp3) is 0.357. The maximum Gasteiger partial charge on any atom is 0.124 e. The first-order valence-corrected chi connectivity index (χ1v) is 6.10. The topological polar surface area (TPSA) is 48.3 Å². The Hall–Kier alpha value is -2.01. The highest BCUT2D eigenvalue weighted by Crippen LogP contribution is 2.21.